The monoisotopic (exact) mass is 362 g/mol. The number of anilines is 1. The Hall–Kier alpha value is -2.66. The van der Waals surface area contributed by atoms with Crippen LogP contribution in [0.5, 0.6) is 0 Å². The predicted octanol–water partition coefficient (Wildman–Crippen LogP) is 4.14. The van der Waals surface area contributed by atoms with E-state index in [-0.39, 0.29) is 0 Å². The highest BCUT2D eigenvalue weighted by atomic mass is 15.1. The van der Waals surface area contributed by atoms with E-state index in [0.29, 0.717) is 0 Å². The van der Waals surface area contributed by atoms with Gasteiger partial charge in [0, 0.05) is 35.3 Å². The van der Waals surface area contributed by atoms with Gasteiger partial charge in [0.1, 0.15) is 0 Å². The molecule has 0 amide bonds. The fourth-order valence-electron chi connectivity index (χ4n) is 3.95. The van der Waals surface area contributed by atoms with Crippen LogP contribution >= 0.6 is 0 Å². The summed E-state index contributed by atoms with van der Waals surface area (Å²) < 4.78 is 0. The Labute approximate surface area is 159 Å². The number of aromatic amines is 2. The van der Waals surface area contributed by atoms with Crippen molar-refractivity contribution in [3.8, 4) is 0 Å². The molecule has 0 fully saturated rings. The highest BCUT2D eigenvalue weighted by molar-refractivity contribution is 6.14. The molecule has 0 bridgehead atoms. The summed E-state index contributed by atoms with van der Waals surface area (Å²) >= 11 is 0. The zero-order chi connectivity index (χ0) is 18.8. The fraction of sp³-hybridized carbons (Fsp3) is 0.364. The van der Waals surface area contributed by atoms with Crippen molar-refractivity contribution in [3.63, 3.8) is 0 Å². The van der Waals surface area contributed by atoms with E-state index in [1.165, 1.54) is 32.9 Å². The van der Waals surface area contributed by atoms with Crippen LogP contribution in [0.3, 0.4) is 0 Å². The molecular formula is C22H28N5+. The molecule has 3 aromatic heterocycles. The molecule has 5 nitrogen and oxygen atoms in total. The zero-order valence-corrected chi connectivity index (χ0v) is 16.4. The second kappa shape index (κ2) is 7.53. The van der Waals surface area contributed by atoms with Crippen molar-refractivity contribution in [1.82, 2.24) is 14.9 Å². The van der Waals surface area contributed by atoms with Gasteiger partial charge in [-0.25, -0.2) is 4.98 Å². The summed E-state index contributed by atoms with van der Waals surface area (Å²) in [6, 6.07) is 6.44. The van der Waals surface area contributed by atoms with E-state index in [2.05, 4.69) is 70.3 Å². The quantitative estimate of drug-likeness (QED) is 0.486. The zero-order valence-electron chi connectivity index (χ0n) is 16.4. The fourth-order valence-corrected chi connectivity index (χ4v) is 3.95. The minimum absolute atomic E-state index is 0.967. The molecule has 0 aliphatic carbocycles. The highest BCUT2D eigenvalue weighted by Crippen LogP contribution is 2.34. The second-order valence-electron chi connectivity index (χ2n) is 7.08. The van der Waals surface area contributed by atoms with Gasteiger partial charge in [0.2, 0.25) is 0 Å². The van der Waals surface area contributed by atoms with Crippen molar-refractivity contribution >= 4 is 38.4 Å². The van der Waals surface area contributed by atoms with Crippen molar-refractivity contribution in [2.75, 3.05) is 31.5 Å². The van der Waals surface area contributed by atoms with E-state index in [0.717, 1.165) is 43.6 Å². The number of H-pyrrole nitrogens is 2. The van der Waals surface area contributed by atoms with Crippen molar-refractivity contribution in [2.24, 2.45) is 0 Å². The number of aromatic nitrogens is 3. The summed E-state index contributed by atoms with van der Waals surface area (Å²) in [5, 5.41) is 7.29. The van der Waals surface area contributed by atoms with Crippen LogP contribution in [0.15, 0.2) is 36.8 Å². The van der Waals surface area contributed by atoms with E-state index >= 15 is 0 Å². The van der Waals surface area contributed by atoms with Crippen molar-refractivity contribution in [1.29, 1.82) is 0 Å². The minimum atomic E-state index is 0.967. The smallest absolute Gasteiger partial charge is 0.177 e. The molecule has 4 aromatic rings. The van der Waals surface area contributed by atoms with Gasteiger partial charge < -0.3 is 15.2 Å². The number of nitrogens with one attached hydrogen (secondary N) is 3. The van der Waals surface area contributed by atoms with Gasteiger partial charge in [0.25, 0.3) is 0 Å². The first-order chi connectivity index (χ1) is 13.2. The van der Waals surface area contributed by atoms with E-state index in [4.69, 9.17) is 0 Å². The lowest BCUT2D eigenvalue weighted by Gasteiger charge is -2.18. The molecule has 0 saturated heterocycles. The molecule has 3 heterocycles. The van der Waals surface area contributed by atoms with Crippen LogP contribution < -0.4 is 10.3 Å². The highest BCUT2D eigenvalue weighted by Gasteiger charge is 2.14. The van der Waals surface area contributed by atoms with Gasteiger partial charge in [-0.1, -0.05) is 13.8 Å². The molecule has 0 saturated carbocycles. The van der Waals surface area contributed by atoms with Crippen LogP contribution in [-0.4, -0.2) is 41.0 Å². The topological polar surface area (TPSA) is 58.1 Å². The summed E-state index contributed by atoms with van der Waals surface area (Å²) in [6.45, 7) is 10.9. The molecule has 5 heteroatoms. The molecule has 0 aliphatic rings. The number of nitrogens with zero attached hydrogens (tertiary/aromatic N) is 2. The van der Waals surface area contributed by atoms with Crippen molar-refractivity contribution < 1.29 is 4.98 Å². The summed E-state index contributed by atoms with van der Waals surface area (Å²) in [5.74, 6) is 0. The Morgan fingerprint density at radius 1 is 1.15 bits per heavy atom. The number of pyridine rings is 2. The predicted molar refractivity (Wildman–Crippen MR) is 113 cm³/mol. The van der Waals surface area contributed by atoms with E-state index < -0.39 is 0 Å². The van der Waals surface area contributed by atoms with Gasteiger partial charge >= 0.3 is 0 Å². The first-order valence-electron chi connectivity index (χ1n) is 9.89. The lowest BCUT2D eigenvalue weighted by Crippen LogP contribution is -2.25. The van der Waals surface area contributed by atoms with Crippen LogP contribution in [0.25, 0.3) is 32.7 Å². The van der Waals surface area contributed by atoms with E-state index in [1.807, 2.05) is 12.4 Å². The lowest BCUT2D eigenvalue weighted by molar-refractivity contribution is -0.375. The summed E-state index contributed by atoms with van der Waals surface area (Å²) in [7, 11) is 0. The first kappa shape index (κ1) is 17.7. The first-order valence-corrected chi connectivity index (χ1v) is 9.89. The number of rotatable bonds is 7. The molecule has 0 unspecified atom stereocenters. The molecule has 140 valence electrons. The molecule has 3 N–H and O–H groups in total. The van der Waals surface area contributed by atoms with Gasteiger partial charge in [-0.3, -0.25) is 4.98 Å². The number of benzene rings is 1. The molecule has 1 aromatic carbocycles. The maximum Gasteiger partial charge on any atom is 0.177 e. The summed E-state index contributed by atoms with van der Waals surface area (Å²) in [6.07, 6.45) is 7.06. The normalized spacial score (nSPS) is 11.9. The molecule has 0 spiro atoms. The van der Waals surface area contributed by atoms with Crippen LogP contribution in [0, 0.1) is 6.92 Å². The van der Waals surface area contributed by atoms with Crippen LogP contribution in [0.4, 0.5) is 5.69 Å². The standard InChI is InChI=1S/C22H27N5/c1-4-27(5-2)12-6-9-24-19-8-11-25-21-15(3)22-16(13-17(19)21)18-14-23-10-7-20(18)26-22/h7-8,10-11,13-14,26H,4-6,9,12H2,1-3H3,(H,24,25)/p+1. The average Bonchev–Trinajstić information content (AvgIpc) is 3.08. The molecular weight excluding hydrogens is 334 g/mol. The van der Waals surface area contributed by atoms with Crippen molar-refractivity contribution in [2.45, 2.75) is 27.2 Å². The number of hydrogen-bond acceptors (Lipinski definition) is 3. The summed E-state index contributed by atoms with van der Waals surface area (Å²) in [4.78, 5) is 13.9. The minimum Gasteiger partial charge on any atom is -0.384 e. The molecule has 0 radical (unpaired) electrons. The van der Waals surface area contributed by atoms with Crippen LogP contribution in [0.1, 0.15) is 25.8 Å². The van der Waals surface area contributed by atoms with Crippen LogP contribution in [-0.2, 0) is 0 Å². The van der Waals surface area contributed by atoms with Gasteiger partial charge in [-0.05, 0) is 50.7 Å². The Morgan fingerprint density at radius 3 is 2.81 bits per heavy atom. The largest absolute Gasteiger partial charge is 0.384 e. The molecule has 0 aliphatic heterocycles. The van der Waals surface area contributed by atoms with Gasteiger partial charge in [0.05, 0.1) is 21.9 Å². The van der Waals surface area contributed by atoms with Crippen molar-refractivity contribution in [3.05, 3.63) is 42.4 Å². The Kier molecular flexibility index (Phi) is 4.94. The third-order valence-electron chi connectivity index (χ3n) is 5.55. The van der Waals surface area contributed by atoms with E-state index in [9.17, 15) is 0 Å². The SMILES string of the molecule is CCN(CC)CCCNc1ccnc2c(C)c3[nH]c4cc[nH+]cc4c3cc12. The number of fused-ring (bicyclic) bond motifs is 4. The second-order valence-corrected chi connectivity index (χ2v) is 7.08. The molecule has 0 atom stereocenters. The maximum absolute atomic E-state index is 4.67. The molecule has 27 heavy (non-hydrogen) atoms. The van der Waals surface area contributed by atoms with Crippen LogP contribution in [0.2, 0.25) is 0 Å². The lowest BCUT2D eigenvalue weighted by atomic mass is 10.0. The third-order valence-corrected chi connectivity index (χ3v) is 5.55. The summed E-state index contributed by atoms with van der Waals surface area (Å²) in [5.41, 5.74) is 5.75. The number of hydrogen-bond donors (Lipinski definition) is 2. The Morgan fingerprint density at radius 2 is 2.00 bits per heavy atom. The number of aryl methyl sites for hydroxylation is 1. The van der Waals surface area contributed by atoms with Gasteiger partial charge in [-0.15, -0.1) is 0 Å². The average molecular weight is 363 g/mol. The maximum atomic E-state index is 4.67. The third kappa shape index (κ3) is 3.23. The molecule has 4 rings (SSSR count). The Balaban J connectivity index is 1.69. The van der Waals surface area contributed by atoms with Gasteiger partial charge in [0.15, 0.2) is 12.4 Å². The van der Waals surface area contributed by atoms with Gasteiger partial charge in [-0.2, -0.15) is 0 Å². The Bertz CT molecular complexity index is 1080. The van der Waals surface area contributed by atoms with E-state index in [1.54, 1.807) is 0 Å².